The van der Waals surface area contributed by atoms with Crippen LogP contribution < -0.4 is 10.1 Å². The summed E-state index contributed by atoms with van der Waals surface area (Å²) in [6.45, 7) is 1.33. The molecule has 2 aliphatic rings. The van der Waals surface area contributed by atoms with E-state index < -0.39 is 0 Å². The molecule has 132 valence electrons. The molecular formula is C19H23N3O3. The van der Waals surface area contributed by atoms with Crippen LogP contribution in [0.2, 0.25) is 0 Å². The average Bonchev–Trinajstić information content (AvgIpc) is 3.18. The van der Waals surface area contributed by atoms with E-state index in [1.807, 2.05) is 35.0 Å². The zero-order valence-electron chi connectivity index (χ0n) is 14.4. The molecule has 6 nitrogen and oxygen atoms in total. The molecule has 1 aromatic carbocycles. The monoisotopic (exact) mass is 341 g/mol. The fourth-order valence-corrected chi connectivity index (χ4v) is 3.23. The lowest BCUT2D eigenvalue weighted by atomic mass is 10.2. The Hall–Kier alpha value is -2.34. The smallest absolute Gasteiger partial charge is 0.271 e. The largest absolute Gasteiger partial charge is 0.497 e. The molecule has 2 aromatic rings. The Labute approximate surface area is 147 Å². The number of hydrogen-bond acceptors (Lipinski definition) is 4. The number of nitrogens with one attached hydrogen (secondary N) is 1. The number of carbonyl (C=O) groups is 1. The van der Waals surface area contributed by atoms with Crippen LogP contribution >= 0.6 is 0 Å². The molecule has 2 heterocycles. The number of hydrogen-bond donors (Lipinski definition) is 1. The number of rotatable bonds is 6. The zero-order chi connectivity index (χ0) is 17.2. The van der Waals surface area contributed by atoms with Gasteiger partial charge in [0.2, 0.25) is 0 Å². The summed E-state index contributed by atoms with van der Waals surface area (Å²) in [5.74, 6) is 1.12. The van der Waals surface area contributed by atoms with E-state index in [1.54, 1.807) is 7.11 Å². The first-order chi connectivity index (χ1) is 12.2. The summed E-state index contributed by atoms with van der Waals surface area (Å²) in [5.41, 5.74) is 2.47. The zero-order valence-corrected chi connectivity index (χ0v) is 14.4. The quantitative estimate of drug-likeness (QED) is 0.877. The molecular weight excluding hydrogens is 318 g/mol. The minimum Gasteiger partial charge on any atom is -0.497 e. The van der Waals surface area contributed by atoms with Crippen LogP contribution in [0.3, 0.4) is 0 Å². The summed E-state index contributed by atoms with van der Waals surface area (Å²) in [6, 6.07) is 9.67. The van der Waals surface area contributed by atoms with Crippen molar-refractivity contribution < 1.29 is 14.3 Å². The number of methoxy groups -OCH3 is 1. The lowest BCUT2D eigenvalue weighted by Gasteiger charge is -2.09. The van der Waals surface area contributed by atoms with Crippen LogP contribution in [0.25, 0.3) is 5.69 Å². The summed E-state index contributed by atoms with van der Waals surface area (Å²) in [7, 11) is 1.65. The average molecular weight is 341 g/mol. The van der Waals surface area contributed by atoms with Gasteiger partial charge in [-0.2, -0.15) is 5.10 Å². The fourth-order valence-electron chi connectivity index (χ4n) is 3.23. The molecule has 1 aliphatic heterocycles. The standard InChI is InChI=1S/C19H23N3O3/c1-24-15-5-2-4-14(10-15)22-18(13-7-8-13)11-17(21-22)19(23)20-12-16-6-3-9-25-16/h2,4-5,10-11,13,16H,3,6-9,12H2,1H3,(H,20,23). The van der Waals surface area contributed by atoms with Gasteiger partial charge in [0.05, 0.1) is 18.9 Å². The van der Waals surface area contributed by atoms with Gasteiger partial charge in [0.15, 0.2) is 5.69 Å². The maximum absolute atomic E-state index is 12.5. The predicted octanol–water partition coefficient (Wildman–Crippen LogP) is 2.67. The van der Waals surface area contributed by atoms with Gasteiger partial charge in [0.1, 0.15) is 5.75 Å². The molecule has 1 amide bonds. The van der Waals surface area contributed by atoms with Crippen molar-refractivity contribution in [2.75, 3.05) is 20.3 Å². The van der Waals surface area contributed by atoms with Crippen molar-refractivity contribution in [2.45, 2.75) is 37.7 Å². The van der Waals surface area contributed by atoms with E-state index in [-0.39, 0.29) is 12.0 Å². The van der Waals surface area contributed by atoms with Crippen LogP contribution in [-0.2, 0) is 4.74 Å². The molecule has 25 heavy (non-hydrogen) atoms. The number of amides is 1. The third kappa shape index (κ3) is 3.54. The van der Waals surface area contributed by atoms with Crippen molar-refractivity contribution >= 4 is 5.91 Å². The van der Waals surface area contributed by atoms with Gasteiger partial charge in [-0.25, -0.2) is 4.68 Å². The summed E-state index contributed by atoms with van der Waals surface area (Å²) >= 11 is 0. The minimum absolute atomic E-state index is 0.132. The number of ether oxygens (including phenoxy) is 2. The Morgan fingerprint density at radius 3 is 2.96 bits per heavy atom. The van der Waals surface area contributed by atoms with E-state index in [1.165, 1.54) is 0 Å². The van der Waals surface area contributed by atoms with Crippen molar-refractivity contribution in [3.63, 3.8) is 0 Å². The molecule has 2 fully saturated rings. The highest BCUT2D eigenvalue weighted by molar-refractivity contribution is 5.92. The summed E-state index contributed by atoms with van der Waals surface area (Å²) in [6.07, 6.45) is 4.49. The second kappa shape index (κ2) is 6.88. The van der Waals surface area contributed by atoms with Crippen LogP contribution in [0.5, 0.6) is 5.75 Å². The molecule has 0 radical (unpaired) electrons. The lowest BCUT2D eigenvalue weighted by Crippen LogP contribution is -2.32. The van der Waals surface area contributed by atoms with Crippen molar-refractivity contribution in [2.24, 2.45) is 0 Å². The maximum Gasteiger partial charge on any atom is 0.271 e. The van der Waals surface area contributed by atoms with Gasteiger partial charge in [0.25, 0.3) is 5.91 Å². The van der Waals surface area contributed by atoms with E-state index in [0.29, 0.717) is 18.2 Å². The second-order valence-corrected chi connectivity index (χ2v) is 6.69. The normalized spacial score (nSPS) is 19.8. The molecule has 1 aromatic heterocycles. The molecule has 0 bridgehead atoms. The van der Waals surface area contributed by atoms with Crippen LogP contribution in [0.15, 0.2) is 30.3 Å². The van der Waals surface area contributed by atoms with E-state index >= 15 is 0 Å². The van der Waals surface area contributed by atoms with Gasteiger partial charge >= 0.3 is 0 Å². The first kappa shape index (κ1) is 16.1. The van der Waals surface area contributed by atoms with Gasteiger partial charge in [-0.05, 0) is 43.9 Å². The number of carbonyl (C=O) groups excluding carboxylic acids is 1. The molecule has 1 saturated heterocycles. The van der Waals surface area contributed by atoms with Crippen LogP contribution in [0, 0.1) is 0 Å². The van der Waals surface area contributed by atoms with E-state index in [9.17, 15) is 4.79 Å². The van der Waals surface area contributed by atoms with Gasteiger partial charge in [0, 0.05) is 30.8 Å². The molecule has 0 spiro atoms. The van der Waals surface area contributed by atoms with E-state index in [2.05, 4.69) is 10.4 Å². The lowest BCUT2D eigenvalue weighted by molar-refractivity contribution is 0.0853. The molecule has 1 atom stereocenters. The highest BCUT2D eigenvalue weighted by Gasteiger charge is 2.30. The molecule has 1 unspecified atom stereocenters. The van der Waals surface area contributed by atoms with Crippen LogP contribution in [0.4, 0.5) is 0 Å². The number of aromatic nitrogens is 2. The van der Waals surface area contributed by atoms with E-state index in [0.717, 1.165) is 49.4 Å². The van der Waals surface area contributed by atoms with Crippen molar-refractivity contribution in [1.29, 1.82) is 0 Å². The van der Waals surface area contributed by atoms with Crippen LogP contribution in [0.1, 0.15) is 47.8 Å². The first-order valence-corrected chi connectivity index (χ1v) is 8.89. The third-order valence-corrected chi connectivity index (χ3v) is 4.78. The SMILES string of the molecule is COc1cccc(-n2nc(C(=O)NCC3CCCO3)cc2C2CC2)c1. The fraction of sp³-hybridized carbons (Fsp3) is 0.474. The molecule has 1 aliphatic carbocycles. The Bertz CT molecular complexity index is 761. The second-order valence-electron chi connectivity index (χ2n) is 6.69. The number of benzene rings is 1. The van der Waals surface area contributed by atoms with Gasteiger partial charge in [-0.1, -0.05) is 6.07 Å². The van der Waals surface area contributed by atoms with Crippen molar-refractivity contribution in [3.8, 4) is 11.4 Å². The first-order valence-electron chi connectivity index (χ1n) is 8.89. The Morgan fingerprint density at radius 1 is 1.36 bits per heavy atom. The Morgan fingerprint density at radius 2 is 2.24 bits per heavy atom. The van der Waals surface area contributed by atoms with Crippen molar-refractivity contribution in [1.82, 2.24) is 15.1 Å². The maximum atomic E-state index is 12.5. The van der Waals surface area contributed by atoms with Gasteiger partial charge < -0.3 is 14.8 Å². The van der Waals surface area contributed by atoms with Crippen LogP contribution in [-0.4, -0.2) is 42.1 Å². The molecule has 4 rings (SSSR count). The summed E-state index contributed by atoms with van der Waals surface area (Å²) < 4.78 is 12.7. The Kier molecular flexibility index (Phi) is 4.44. The van der Waals surface area contributed by atoms with Gasteiger partial charge in [-0.3, -0.25) is 4.79 Å². The topological polar surface area (TPSA) is 65.4 Å². The third-order valence-electron chi connectivity index (χ3n) is 4.78. The summed E-state index contributed by atoms with van der Waals surface area (Å²) in [4.78, 5) is 12.5. The predicted molar refractivity (Wildman–Crippen MR) is 93.4 cm³/mol. The number of nitrogens with zero attached hydrogens (tertiary/aromatic N) is 2. The summed E-state index contributed by atoms with van der Waals surface area (Å²) in [5, 5.41) is 7.52. The molecule has 1 saturated carbocycles. The molecule has 1 N–H and O–H groups in total. The van der Waals surface area contributed by atoms with Gasteiger partial charge in [-0.15, -0.1) is 0 Å². The van der Waals surface area contributed by atoms with Crippen molar-refractivity contribution in [3.05, 3.63) is 41.7 Å². The highest BCUT2D eigenvalue weighted by Crippen LogP contribution is 2.41. The van der Waals surface area contributed by atoms with E-state index in [4.69, 9.17) is 9.47 Å². The minimum atomic E-state index is -0.140. The Balaban J connectivity index is 1.56. The highest BCUT2D eigenvalue weighted by atomic mass is 16.5. The molecule has 6 heteroatoms.